The van der Waals surface area contributed by atoms with Crippen molar-refractivity contribution in [2.75, 3.05) is 9.80 Å². The molecule has 0 amide bonds. The van der Waals surface area contributed by atoms with Gasteiger partial charge in [-0.1, -0.05) is 197 Å². The van der Waals surface area contributed by atoms with Crippen LogP contribution in [0, 0.1) is 0 Å². The maximum Gasteiger partial charge on any atom is 0.0647 e. The van der Waals surface area contributed by atoms with Crippen LogP contribution in [0.2, 0.25) is 0 Å². The molecule has 1 saturated carbocycles. The number of thiophene rings is 1. The lowest BCUT2D eigenvalue weighted by atomic mass is 9.68. The average Bonchev–Trinajstić information content (AvgIpc) is 4.06. The summed E-state index contributed by atoms with van der Waals surface area (Å²) in [6.07, 6.45) is 5.88. The summed E-state index contributed by atoms with van der Waals surface area (Å²) in [5.74, 6) is 0. The van der Waals surface area contributed by atoms with Crippen molar-refractivity contribution in [3.05, 3.63) is 213 Å². The fourth-order valence-electron chi connectivity index (χ4n) is 11.3. The molecular formula is C68H67BrN2S. The molecule has 362 valence electrons. The van der Waals surface area contributed by atoms with Crippen LogP contribution in [-0.2, 0) is 21.7 Å². The number of nitrogens with zero attached hydrogens (tertiary/aromatic N) is 2. The first-order valence-electron chi connectivity index (χ1n) is 27.7. The van der Waals surface area contributed by atoms with E-state index in [0.717, 1.165) is 56.6 Å². The van der Waals surface area contributed by atoms with Gasteiger partial charge < -0.3 is 9.80 Å². The maximum absolute atomic E-state index is 10.1. The summed E-state index contributed by atoms with van der Waals surface area (Å²) >= 11 is 5.77. The Hall–Kier alpha value is -6.20. The van der Waals surface area contributed by atoms with Crippen molar-refractivity contribution in [1.82, 2.24) is 0 Å². The fraction of sp³-hybridized carbons (Fsp3) is 0.265. The highest BCUT2D eigenvalue weighted by Gasteiger charge is 2.45. The molecule has 2 nitrogen and oxygen atoms in total. The fourth-order valence-corrected chi connectivity index (χ4v) is 12.6. The topological polar surface area (TPSA) is 6.48 Å². The van der Waals surface area contributed by atoms with Crippen LogP contribution < -0.4 is 9.80 Å². The average molecular weight is 1030 g/mol. The van der Waals surface area contributed by atoms with Gasteiger partial charge in [-0.05, 0) is 161 Å². The normalized spacial score (nSPS) is 15.1. The summed E-state index contributed by atoms with van der Waals surface area (Å²) in [4.78, 5) is 4.48. The Balaban J connectivity index is 1.23. The second-order valence-corrected chi connectivity index (χ2v) is 25.0. The van der Waals surface area contributed by atoms with Crippen molar-refractivity contribution >= 4 is 71.5 Å². The molecule has 0 unspecified atom stereocenters. The summed E-state index contributed by atoms with van der Waals surface area (Å²) in [5.41, 5.74) is 15.7. The van der Waals surface area contributed by atoms with Gasteiger partial charge in [-0.3, -0.25) is 0 Å². The summed E-state index contributed by atoms with van der Waals surface area (Å²) < 4.78 is 41.9. The van der Waals surface area contributed by atoms with Crippen molar-refractivity contribution in [2.45, 2.75) is 116 Å². The quantitative estimate of drug-likeness (QED) is 0.150. The SMILES string of the molecule is [2H]c1c([2H])c(N(c2cc(N(c3cccc4c3-c3ccccc3C43CCCCC3)c3csc4ccc(C(C)(C)C)cc34)cc(C(C)(C)C)c2)c2cc(-c3ccccc3)ccc2Br)c([2H])c([2H])c1-c1cccc(C(C)(C)C)c1. The molecule has 0 N–H and O–H groups in total. The summed E-state index contributed by atoms with van der Waals surface area (Å²) in [6, 6.07) is 53.8. The van der Waals surface area contributed by atoms with Gasteiger partial charge in [-0.25, -0.2) is 0 Å². The van der Waals surface area contributed by atoms with E-state index in [2.05, 4.69) is 198 Å². The van der Waals surface area contributed by atoms with Crippen LogP contribution >= 0.6 is 27.3 Å². The predicted octanol–water partition coefficient (Wildman–Crippen LogP) is 21.1. The highest BCUT2D eigenvalue weighted by molar-refractivity contribution is 9.10. The number of halogens is 1. The van der Waals surface area contributed by atoms with E-state index in [-0.39, 0.29) is 57.1 Å². The van der Waals surface area contributed by atoms with Gasteiger partial charge in [0.05, 0.1) is 22.5 Å². The molecule has 9 aromatic rings. The lowest BCUT2D eigenvalue weighted by Crippen LogP contribution is -2.28. The van der Waals surface area contributed by atoms with Crippen LogP contribution in [0.5, 0.6) is 0 Å². The Kier molecular flexibility index (Phi) is 11.1. The van der Waals surface area contributed by atoms with Crippen LogP contribution in [0.3, 0.4) is 0 Å². The number of anilines is 6. The van der Waals surface area contributed by atoms with Crippen LogP contribution in [0.1, 0.15) is 128 Å². The molecule has 0 atom stereocenters. The third kappa shape index (κ3) is 8.73. The third-order valence-corrected chi connectivity index (χ3v) is 16.9. The van der Waals surface area contributed by atoms with E-state index in [1.54, 1.807) is 11.3 Å². The smallest absolute Gasteiger partial charge is 0.0647 e. The molecule has 1 fully saturated rings. The van der Waals surface area contributed by atoms with Gasteiger partial charge in [0, 0.05) is 48.0 Å². The van der Waals surface area contributed by atoms with Gasteiger partial charge in [0.15, 0.2) is 0 Å². The molecule has 1 heterocycles. The Morgan fingerprint density at radius 1 is 0.472 bits per heavy atom. The predicted molar refractivity (Wildman–Crippen MR) is 315 cm³/mol. The van der Waals surface area contributed by atoms with E-state index in [1.165, 1.54) is 57.2 Å². The van der Waals surface area contributed by atoms with Crippen molar-refractivity contribution in [3.8, 4) is 33.4 Å². The van der Waals surface area contributed by atoms with E-state index in [4.69, 9.17) is 0 Å². The van der Waals surface area contributed by atoms with E-state index in [9.17, 15) is 5.48 Å². The maximum atomic E-state index is 10.1. The number of benzene rings is 8. The number of fused-ring (bicyclic) bond motifs is 6. The van der Waals surface area contributed by atoms with Gasteiger partial charge in [0.1, 0.15) is 0 Å². The Bertz CT molecular complexity index is 3690. The van der Waals surface area contributed by atoms with Gasteiger partial charge in [-0.15, -0.1) is 11.3 Å². The van der Waals surface area contributed by atoms with Crippen molar-refractivity contribution < 1.29 is 5.48 Å². The van der Waals surface area contributed by atoms with Gasteiger partial charge >= 0.3 is 0 Å². The first-order chi connectivity index (χ1) is 36.2. The molecule has 0 saturated heterocycles. The van der Waals surface area contributed by atoms with Gasteiger partial charge in [-0.2, -0.15) is 0 Å². The standard InChI is InChI=1S/C68H67BrN2S/c1-65(2,3)49-23-18-22-47(38-49)46-28-32-52(33-29-46)70(61-39-48(30-34-59(61)69)45-20-12-10-13-21-45)53-40-51(67(7,8)9)41-54(43-53)71(62-44-72-63-35-31-50(42-56(62)63)66(4,5)6)60-27-19-26-58-64(60)55-24-14-15-25-57(55)68(58)36-16-11-17-37-68/h10,12-15,18-35,38-44H,11,16-17,36-37H2,1-9H3/i28D,29D,32D,33D. The molecule has 8 aromatic carbocycles. The van der Waals surface area contributed by atoms with E-state index in [1.807, 2.05) is 47.4 Å². The Morgan fingerprint density at radius 2 is 1.10 bits per heavy atom. The number of rotatable bonds is 8. The monoisotopic (exact) mass is 1030 g/mol. The third-order valence-electron chi connectivity index (χ3n) is 15.3. The molecule has 1 spiro atoms. The second-order valence-electron chi connectivity index (χ2n) is 23.2. The molecule has 2 aliphatic rings. The molecule has 72 heavy (non-hydrogen) atoms. The molecule has 2 aliphatic carbocycles. The van der Waals surface area contributed by atoms with Crippen molar-refractivity contribution in [3.63, 3.8) is 0 Å². The summed E-state index contributed by atoms with van der Waals surface area (Å²) in [7, 11) is 0. The first-order valence-corrected chi connectivity index (χ1v) is 27.4. The molecule has 11 rings (SSSR count). The molecule has 1 aromatic heterocycles. The highest BCUT2D eigenvalue weighted by atomic mass is 79.9. The van der Waals surface area contributed by atoms with E-state index in [0.29, 0.717) is 16.9 Å². The van der Waals surface area contributed by atoms with Crippen LogP contribution in [0.25, 0.3) is 43.5 Å². The minimum atomic E-state index is -0.366. The molecular weight excluding hydrogens is 957 g/mol. The zero-order valence-corrected chi connectivity index (χ0v) is 45.6. The molecule has 0 bridgehead atoms. The van der Waals surface area contributed by atoms with Crippen LogP contribution in [0.15, 0.2) is 186 Å². The molecule has 4 heteroatoms. The van der Waals surface area contributed by atoms with E-state index >= 15 is 0 Å². The van der Waals surface area contributed by atoms with Crippen LogP contribution in [-0.4, -0.2) is 0 Å². The second kappa shape index (κ2) is 18.4. The minimum absolute atomic E-state index is 0.0650. The highest BCUT2D eigenvalue weighted by Crippen LogP contribution is 2.60. The first kappa shape index (κ1) is 43.4. The van der Waals surface area contributed by atoms with E-state index < -0.39 is 0 Å². The minimum Gasteiger partial charge on any atom is -0.309 e. The summed E-state index contributed by atoms with van der Waals surface area (Å²) in [6.45, 7) is 20.0. The van der Waals surface area contributed by atoms with Gasteiger partial charge in [0.25, 0.3) is 0 Å². The Labute approximate surface area is 447 Å². The largest absolute Gasteiger partial charge is 0.309 e. The lowest BCUT2D eigenvalue weighted by Gasteiger charge is -2.36. The zero-order valence-electron chi connectivity index (χ0n) is 47.2. The number of hydrogen-bond acceptors (Lipinski definition) is 3. The Morgan fingerprint density at radius 3 is 1.82 bits per heavy atom. The zero-order chi connectivity index (χ0) is 53.6. The van der Waals surface area contributed by atoms with Crippen molar-refractivity contribution in [2.24, 2.45) is 0 Å². The molecule has 0 aliphatic heterocycles. The van der Waals surface area contributed by atoms with Crippen molar-refractivity contribution in [1.29, 1.82) is 0 Å². The molecule has 0 radical (unpaired) electrons. The lowest BCUT2D eigenvalue weighted by molar-refractivity contribution is 0.353. The van der Waals surface area contributed by atoms with Gasteiger partial charge in [0.2, 0.25) is 0 Å². The van der Waals surface area contributed by atoms with Crippen LogP contribution in [0.4, 0.5) is 34.1 Å². The summed E-state index contributed by atoms with van der Waals surface area (Å²) in [5, 5.41) is 3.50. The number of hydrogen-bond donors (Lipinski definition) is 0.